The Bertz CT molecular complexity index is 978. The van der Waals surface area contributed by atoms with Crippen LogP contribution in [0.1, 0.15) is 65.3 Å². The van der Waals surface area contributed by atoms with Crippen LogP contribution < -0.4 is 10.6 Å². The fraction of sp³-hybridized carbons (Fsp3) is 0.480. The summed E-state index contributed by atoms with van der Waals surface area (Å²) in [7, 11) is 0. The second-order valence-corrected chi connectivity index (χ2v) is 9.26. The standard InChI is InChI=1S/C25H31N3O3/c1-15(16-6-3-2-4-7-16)27-25(31)23-22-17(12-21(29)24(23)30)9-11-28-14-18-8-5-10-26-19(18)13-20(22)28/h2-4,6-7,12,15,18-20,26,29-30H,5,8-11,13-14H2,1H3,(H,27,31)/t15?,18-,19+,20-/m1/s1. The van der Waals surface area contributed by atoms with Gasteiger partial charge in [0.1, 0.15) is 0 Å². The number of amides is 1. The fourth-order valence-electron chi connectivity index (χ4n) is 5.78. The van der Waals surface area contributed by atoms with Crippen LogP contribution in [0.3, 0.4) is 0 Å². The molecule has 31 heavy (non-hydrogen) atoms. The number of piperidine rings is 2. The molecule has 4 atom stereocenters. The van der Waals surface area contributed by atoms with Crippen molar-refractivity contribution >= 4 is 5.91 Å². The van der Waals surface area contributed by atoms with Crippen LogP contribution in [0.4, 0.5) is 0 Å². The minimum atomic E-state index is -0.332. The Morgan fingerprint density at radius 2 is 2.06 bits per heavy atom. The number of nitrogens with zero attached hydrogens (tertiary/aromatic N) is 1. The number of fused-ring (bicyclic) bond motifs is 4. The van der Waals surface area contributed by atoms with Crippen LogP contribution in [0.15, 0.2) is 36.4 Å². The lowest BCUT2D eigenvalue weighted by atomic mass is 9.76. The quantitative estimate of drug-likeness (QED) is 0.572. The smallest absolute Gasteiger partial charge is 0.256 e. The summed E-state index contributed by atoms with van der Waals surface area (Å²) in [5.74, 6) is -0.208. The molecular weight excluding hydrogens is 390 g/mol. The highest BCUT2D eigenvalue weighted by Crippen LogP contribution is 2.46. The van der Waals surface area contributed by atoms with Gasteiger partial charge in [0.2, 0.25) is 0 Å². The minimum absolute atomic E-state index is 0.0786. The maximum absolute atomic E-state index is 13.4. The maximum Gasteiger partial charge on any atom is 0.256 e. The molecule has 2 aromatic carbocycles. The highest BCUT2D eigenvalue weighted by molar-refractivity contribution is 6.00. The molecule has 164 valence electrons. The van der Waals surface area contributed by atoms with Crippen molar-refractivity contribution in [2.24, 2.45) is 5.92 Å². The van der Waals surface area contributed by atoms with E-state index in [-0.39, 0.29) is 35.1 Å². The van der Waals surface area contributed by atoms with E-state index in [0.29, 0.717) is 12.0 Å². The first-order valence-electron chi connectivity index (χ1n) is 11.4. The van der Waals surface area contributed by atoms with Crippen LogP contribution in [0.5, 0.6) is 11.5 Å². The molecule has 3 aliphatic rings. The zero-order valence-electron chi connectivity index (χ0n) is 18.0. The molecule has 0 spiro atoms. The van der Waals surface area contributed by atoms with E-state index in [1.54, 1.807) is 6.07 Å². The number of benzene rings is 2. The monoisotopic (exact) mass is 421 g/mol. The predicted octanol–water partition coefficient (Wildman–Crippen LogP) is 3.26. The summed E-state index contributed by atoms with van der Waals surface area (Å²) >= 11 is 0. The maximum atomic E-state index is 13.4. The Labute approximate surface area is 183 Å². The van der Waals surface area contributed by atoms with Crippen molar-refractivity contribution in [1.29, 1.82) is 0 Å². The number of carbonyl (C=O) groups excluding carboxylic acids is 1. The number of aromatic hydroxyl groups is 2. The Morgan fingerprint density at radius 1 is 1.26 bits per heavy atom. The van der Waals surface area contributed by atoms with E-state index in [4.69, 9.17) is 0 Å². The largest absolute Gasteiger partial charge is 0.504 e. The fourth-order valence-corrected chi connectivity index (χ4v) is 5.78. The van der Waals surface area contributed by atoms with E-state index in [2.05, 4.69) is 15.5 Å². The molecule has 0 aliphatic carbocycles. The van der Waals surface area contributed by atoms with Gasteiger partial charge >= 0.3 is 0 Å². The van der Waals surface area contributed by atoms with Crippen molar-refractivity contribution in [3.63, 3.8) is 0 Å². The molecule has 3 aliphatic heterocycles. The molecule has 0 saturated carbocycles. The second kappa shape index (κ2) is 8.17. The van der Waals surface area contributed by atoms with Gasteiger partial charge in [0.25, 0.3) is 5.91 Å². The van der Waals surface area contributed by atoms with Crippen LogP contribution in [-0.2, 0) is 6.42 Å². The van der Waals surface area contributed by atoms with Crippen molar-refractivity contribution < 1.29 is 15.0 Å². The Kier molecular flexibility index (Phi) is 5.36. The van der Waals surface area contributed by atoms with Crippen molar-refractivity contribution in [2.75, 3.05) is 19.6 Å². The van der Waals surface area contributed by atoms with Crippen molar-refractivity contribution in [3.8, 4) is 11.5 Å². The molecule has 0 aromatic heterocycles. The molecule has 0 radical (unpaired) electrons. The minimum Gasteiger partial charge on any atom is -0.504 e. The summed E-state index contributed by atoms with van der Waals surface area (Å²) in [6.45, 7) is 4.92. The summed E-state index contributed by atoms with van der Waals surface area (Å²) in [6, 6.07) is 11.7. The molecule has 6 heteroatoms. The molecule has 1 unspecified atom stereocenters. The summed E-state index contributed by atoms with van der Waals surface area (Å²) < 4.78 is 0. The third-order valence-corrected chi connectivity index (χ3v) is 7.40. The van der Waals surface area contributed by atoms with E-state index >= 15 is 0 Å². The van der Waals surface area contributed by atoms with Gasteiger partial charge in [0.15, 0.2) is 11.5 Å². The van der Waals surface area contributed by atoms with Gasteiger partial charge in [-0.2, -0.15) is 0 Å². The zero-order valence-corrected chi connectivity index (χ0v) is 18.0. The van der Waals surface area contributed by atoms with E-state index in [0.717, 1.165) is 49.2 Å². The lowest BCUT2D eigenvalue weighted by Gasteiger charge is -2.49. The number of phenolic OH excluding ortho intramolecular Hbond substituents is 2. The number of hydrogen-bond donors (Lipinski definition) is 4. The highest BCUT2D eigenvalue weighted by atomic mass is 16.3. The molecule has 2 saturated heterocycles. The number of carbonyl (C=O) groups is 1. The molecule has 6 nitrogen and oxygen atoms in total. The normalized spacial score (nSPS) is 26.3. The molecular formula is C25H31N3O3. The van der Waals surface area contributed by atoms with Gasteiger partial charge in [-0.1, -0.05) is 30.3 Å². The van der Waals surface area contributed by atoms with Gasteiger partial charge < -0.3 is 20.8 Å². The lowest BCUT2D eigenvalue weighted by Crippen LogP contribution is -2.55. The summed E-state index contributed by atoms with van der Waals surface area (Å²) in [5.41, 5.74) is 3.10. The molecule has 3 heterocycles. The third-order valence-electron chi connectivity index (χ3n) is 7.40. The first kappa shape index (κ1) is 20.3. The van der Waals surface area contributed by atoms with Crippen LogP contribution in [0.25, 0.3) is 0 Å². The summed E-state index contributed by atoms with van der Waals surface area (Å²) in [5, 5.41) is 27.9. The van der Waals surface area contributed by atoms with Crippen LogP contribution in [-0.4, -0.2) is 46.7 Å². The number of rotatable bonds is 3. The molecule has 4 N–H and O–H groups in total. The SMILES string of the molecule is CC(NC(=O)c1c(O)c(O)cc2c1[C@H]1C[C@@H]3NCCC[C@@H]3CN1CC2)c1ccccc1. The number of hydrogen-bond acceptors (Lipinski definition) is 5. The summed E-state index contributed by atoms with van der Waals surface area (Å²) in [6.07, 6.45) is 4.17. The molecule has 2 fully saturated rings. The first-order valence-corrected chi connectivity index (χ1v) is 11.4. The average Bonchev–Trinajstić information content (AvgIpc) is 2.79. The second-order valence-electron chi connectivity index (χ2n) is 9.26. The van der Waals surface area contributed by atoms with Crippen LogP contribution in [0, 0.1) is 5.92 Å². The molecule has 5 rings (SSSR count). The van der Waals surface area contributed by atoms with E-state index in [1.807, 2.05) is 37.3 Å². The zero-order chi connectivity index (χ0) is 21.5. The lowest BCUT2D eigenvalue weighted by molar-refractivity contribution is 0.0540. The third kappa shape index (κ3) is 3.68. The number of phenols is 2. The highest BCUT2D eigenvalue weighted by Gasteiger charge is 2.42. The van der Waals surface area contributed by atoms with Gasteiger partial charge in [-0.05, 0) is 67.8 Å². The van der Waals surface area contributed by atoms with Crippen molar-refractivity contribution in [2.45, 2.75) is 50.7 Å². The summed E-state index contributed by atoms with van der Waals surface area (Å²) in [4.78, 5) is 15.9. The topological polar surface area (TPSA) is 84.8 Å². The van der Waals surface area contributed by atoms with Crippen molar-refractivity contribution in [1.82, 2.24) is 15.5 Å². The van der Waals surface area contributed by atoms with Gasteiger partial charge in [0, 0.05) is 25.2 Å². The molecule has 1 amide bonds. The average molecular weight is 422 g/mol. The molecule has 0 bridgehead atoms. The first-order chi connectivity index (χ1) is 15.0. The molecule has 2 aromatic rings. The van der Waals surface area contributed by atoms with E-state index in [9.17, 15) is 15.0 Å². The predicted molar refractivity (Wildman–Crippen MR) is 119 cm³/mol. The Morgan fingerprint density at radius 3 is 2.87 bits per heavy atom. The van der Waals surface area contributed by atoms with E-state index < -0.39 is 0 Å². The van der Waals surface area contributed by atoms with E-state index in [1.165, 1.54) is 12.8 Å². The number of nitrogens with one attached hydrogen (secondary N) is 2. The van der Waals surface area contributed by atoms with Gasteiger partial charge in [-0.15, -0.1) is 0 Å². The van der Waals surface area contributed by atoms with Gasteiger partial charge in [0.05, 0.1) is 11.6 Å². The van der Waals surface area contributed by atoms with Gasteiger partial charge in [-0.3, -0.25) is 9.69 Å². The van der Waals surface area contributed by atoms with Crippen LogP contribution >= 0.6 is 0 Å². The Balaban J connectivity index is 1.50. The Hall–Kier alpha value is -2.57. The van der Waals surface area contributed by atoms with Crippen molar-refractivity contribution in [3.05, 3.63) is 58.7 Å². The van der Waals surface area contributed by atoms with Gasteiger partial charge in [-0.25, -0.2) is 0 Å². The van der Waals surface area contributed by atoms with Crippen LogP contribution in [0.2, 0.25) is 0 Å².